The van der Waals surface area contributed by atoms with Gasteiger partial charge in [0.2, 0.25) is 0 Å². The largest absolute Gasteiger partial charge is 0.450 e. The van der Waals surface area contributed by atoms with Crippen LogP contribution >= 0.6 is 0 Å². The van der Waals surface area contributed by atoms with Gasteiger partial charge < -0.3 is 19.7 Å². The lowest BCUT2D eigenvalue weighted by atomic mass is 9.57. The van der Waals surface area contributed by atoms with Crippen LogP contribution in [0.3, 0.4) is 0 Å². The Kier molecular flexibility index (Phi) is 9.01. The molecule has 0 spiro atoms. The van der Waals surface area contributed by atoms with Crippen molar-refractivity contribution in [3.05, 3.63) is 199 Å². The van der Waals surface area contributed by atoms with Crippen LogP contribution < -0.4 is 30.6 Å². The van der Waals surface area contributed by atoms with E-state index in [2.05, 4.69) is 209 Å². The summed E-state index contributed by atoms with van der Waals surface area (Å²) in [6.07, 6.45) is 0. The number of fused-ring (bicyclic) bond motifs is 5. The molecule has 0 atom stereocenters. The summed E-state index contributed by atoms with van der Waals surface area (Å²) < 4.78 is 13.1. The fourth-order valence-electron chi connectivity index (χ4n) is 8.92. The predicted molar refractivity (Wildman–Crippen MR) is 260 cm³/mol. The number of para-hydroxylation sites is 2. The number of rotatable bonds is 6. The van der Waals surface area contributed by atoms with Gasteiger partial charge in [-0.3, -0.25) is 0 Å². The average molecular weight is 800 g/mol. The molecule has 5 heteroatoms. The quantitative estimate of drug-likeness (QED) is 0.170. The topological polar surface area (TPSA) is 33.7 Å². The number of ether oxygens (including phenoxy) is 2. The number of nitrogens with zero attached hydrogens (tertiary/aromatic N) is 1. The van der Waals surface area contributed by atoms with Crippen LogP contribution in [0.25, 0.3) is 44.2 Å². The van der Waals surface area contributed by atoms with E-state index >= 15 is 0 Å². The summed E-state index contributed by atoms with van der Waals surface area (Å²) in [7, 11) is 2.33. The molecule has 2 heterocycles. The number of hydrogen-bond acceptors (Lipinski definition) is 4. The number of nitrogens with one attached hydrogen (secondary N) is 1. The van der Waals surface area contributed by atoms with Gasteiger partial charge in [-0.2, -0.15) is 0 Å². The molecular weight excluding hydrogens is 755 g/mol. The maximum atomic E-state index is 6.57. The Labute approximate surface area is 364 Å². The van der Waals surface area contributed by atoms with Crippen molar-refractivity contribution < 1.29 is 9.47 Å². The zero-order chi connectivity index (χ0) is 42.0. The number of anilines is 5. The Bertz CT molecular complexity index is 3170. The van der Waals surface area contributed by atoms with Crippen molar-refractivity contribution in [2.45, 2.75) is 33.1 Å². The first kappa shape index (κ1) is 37.5. The van der Waals surface area contributed by atoms with E-state index in [1.54, 1.807) is 0 Å². The number of hydrogen-bond donors (Lipinski definition) is 1. The first-order valence-electron chi connectivity index (χ1n) is 21.3. The third-order valence-corrected chi connectivity index (χ3v) is 12.2. The van der Waals surface area contributed by atoms with E-state index in [0.29, 0.717) is 23.0 Å². The molecule has 1 radical (unpaired) electrons. The van der Waals surface area contributed by atoms with Crippen LogP contribution in [0.15, 0.2) is 188 Å². The Morgan fingerprint density at radius 1 is 0.468 bits per heavy atom. The summed E-state index contributed by atoms with van der Waals surface area (Å²) in [4.78, 5) is 2.42. The van der Waals surface area contributed by atoms with Crippen molar-refractivity contribution in [2.24, 2.45) is 0 Å². The molecule has 4 nitrogen and oxygen atoms in total. The first-order chi connectivity index (χ1) is 30.2. The lowest BCUT2D eigenvalue weighted by molar-refractivity contribution is 0.360. The molecule has 0 aromatic heterocycles. The number of benzene rings is 9. The Balaban J connectivity index is 1.16. The molecule has 9 aromatic carbocycles. The Morgan fingerprint density at radius 2 is 1.08 bits per heavy atom. The highest BCUT2D eigenvalue weighted by Crippen LogP contribution is 2.50. The second kappa shape index (κ2) is 14.9. The molecule has 2 aliphatic rings. The summed E-state index contributed by atoms with van der Waals surface area (Å²) in [5, 5.41) is 6.24. The molecule has 0 bridgehead atoms. The molecule has 62 heavy (non-hydrogen) atoms. The zero-order valence-corrected chi connectivity index (χ0v) is 35.2. The Hall–Kier alpha value is -7.50. The molecule has 0 saturated carbocycles. The van der Waals surface area contributed by atoms with E-state index in [4.69, 9.17) is 9.47 Å². The van der Waals surface area contributed by atoms with Crippen molar-refractivity contribution in [3.63, 3.8) is 0 Å². The van der Waals surface area contributed by atoms with Gasteiger partial charge >= 0.3 is 0 Å². The van der Waals surface area contributed by atoms with Crippen LogP contribution in [0, 0.1) is 6.92 Å². The molecule has 297 valence electrons. The minimum atomic E-state index is 0.0571. The minimum absolute atomic E-state index is 0.0571. The van der Waals surface area contributed by atoms with Crippen LogP contribution in [0.4, 0.5) is 28.4 Å². The van der Waals surface area contributed by atoms with Gasteiger partial charge in [0, 0.05) is 40.1 Å². The normalized spacial score (nSPS) is 12.5. The molecule has 0 amide bonds. The summed E-state index contributed by atoms with van der Waals surface area (Å²) in [6.45, 7) is 8.98. The third-order valence-electron chi connectivity index (χ3n) is 12.2. The lowest BCUT2D eigenvalue weighted by Gasteiger charge is -2.37. The number of aryl methyl sites for hydroxylation is 1. The van der Waals surface area contributed by atoms with Gasteiger partial charge in [0.25, 0.3) is 0 Å². The molecule has 1 N–H and O–H groups in total. The highest BCUT2D eigenvalue weighted by molar-refractivity contribution is 6.73. The highest BCUT2D eigenvalue weighted by Gasteiger charge is 2.33. The standard InChI is InChI=1S/C57H44BN2O2/c1-36-29-41(37-15-7-5-8-16-37)23-28-49(36)60-50-35-55-54(61-52-21-13-14-22-53(52)62-55)34-47(50)58-56-46(31-42(33-51(56)60)38-17-9-6-10-18-38)45-30-39-19-11-12-20-40(39)32-48(45)59-44-26-24-43(25-27-44)57(2,3)4/h5-35,59H,1-4H3. The van der Waals surface area contributed by atoms with Crippen molar-refractivity contribution >= 4 is 57.4 Å². The summed E-state index contributed by atoms with van der Waals surface area (Å²) >= 11 is 0. The summed E-state index contributed by atoms with van der Waals surface area (Å²) in [5.74, 6) is 2.78. The average Bonchev–Trinajstić information content (AvgIpc) is 3.29. The van der Waals surface area contributed by atoms with Crippen molar-refractivity contribution in [1.82, 2.24) is 0 Å². The fraction of sp³-hybridized carbons (Fsp3) is 0.0877. The van der Waals surface area contributed by atoms with Crippen LogP contribution in [-0.2, 0) is 5.41 Å². The van der Waals surface area contributed by atoms with E-state index in [-0.39, 0.29) is 5.41 Å². The van der Waals surface area contributed by atoms with Crippen LogP contribution in [0.2, 0.25) is 0 Å². The smallest absolute Gasteiger partial charge is 0.198 e. The van der Waals surface area contributed by atoms with Crippen molar-refractivity contribution in [3.8, 4) is 56.4 Å². The van der Waals surface area contributed by atoms with Gasteiger partial charge in [-0.25, -0.2) is 0 Å². The summed E-state index contributed by atoms with van der Waals surface area (Å²) in [6, 6.07) is 67.1. The maximum absolute atomic E-state index is 6.57. The van der Waals surface area contributed by atoms with Gasteiger partial charge in [0.05, 0.1) is 0 Å². The van der Waals surface area contributed by atoms with E-state index in [1.165, 1.54) is 27.5 Å². The van der Waals surface area contributed by atoms with Gasteiger partial charge in [-0.05, 0) is 134 Å². The lowest BCUT2D eigenvalue weighted by Crippen LogP contribution is -2.41. The highest BCUT2D eigenvalue weighted by atomic mass is 16.6. The summed E-state index contributed by atoms with van der Waals surface area (Å²) in [5.41, 5.74) is 16.8. The molecular formula is C57H44BN2O2. The van der Waals surface area contributed by atoms with Crippen molar-refractivity contribution in [2.75, 3.05) is 10.2 Å². The van der Waals surface area contributed by atoms with Crippen LogP contribution in [0.1, 0.15) is 31.9 Å². The molecule has 0 fully saturated rings. The molecule has 9 aromatic rings. The van der Waals surface area contributed by atoms with Crippen LogP contribution in [0.5, 0.6) is 23.0 Å². The van der Waals surface area contributed by atoms with Gasteiger partial charge in [-0.15, -0.1) is 0 Å². The third kappa shape index (κ3) is 6.76. The molecule has 2 aliphatic heterocycles. The first-order valence-corrected chi connectivity index (χ1v) is 21.3. The maximum Gasteiger partial charge on any atom is 0.198 e. The van der Waals surface area contributed by atoms with Gasteiger partial charge in [-0.1, -0.05) is 141 Å². The monoisotopic (exact) mass is 799 g/mol. The predicted octanol–water partition coefficient (Wildman–Crippen LogP) is 14.5. The van der Waals surface area contributed by atoms with Gasteiger partial charge in [0.15, 0.2) is 30.3 Å². The Morgan fingerprint density at radius 3 is 1.74 bits per heavy atom. The van der Waals surface area contributed by atoms with E-state index in [1.807, 2.05) is 24.3 Å². The van der Waals surface area contributed by atoms with E-state index in [9.17, 15) is 0 Å². The minimum Gasteiger partial charge on any atom is -0.450 e. The van der Waals surface area contributed by atoms with E-state index in [0.717, 1.165) is 67.2 Å². The molecule has 11 rings (SSSR count). The molecule has 0 aliphatic carbocycles. The second-order valence-corrected chi connectivity index (χ2v) is 17.4. The van der Waals surface area contributed by atoms with E-state index < -0.39 is 0 Å². The SMILES string of the molecule is Cc1cc(-c2ccccc2)ccc1N1c2cc3c(cc2[B]c2c(-c4cc5ccccc5cc4Nc4ccc(C(C)(C)C)cc4)cc(-c4ccccc4)cc21)Oc1ccccc1O3. The molecule has 0 saturated heterocycles. The van der Waals surface area contributed by atoms with Crippen molar-refractivity contribution in [1.29, 1.82) is 0 Å². The van der Waals surface area contributed by atoms with Crippen LogP contribution in [-0.4, -0.2) is 7.28 Å². The zero-order valence-electron chi connectivity index (χ0n) is 35.2. The van der Waals surface area contributed by atoms with Gasteiger partial charge in [0.1, 0.15) is 0 Å². The fourth-order valence-corrected chi connectivity index (χ4v) is 8.92. The molecule has 0 unspecified atom stereocenters. The second-order valence-electron chi connectivity index (χ2n) is 17.4.